The molecule has 4 aromatic carbocycles. The molecule has 4 nitrogen and oxygen atoms in total. The van der Waals surface area contributed by atoms with Gasteiger partial charge in [0.15, 0.2) is 0 Å². The normalized spacial score (nSPS) is 18.1. The third kappa shape index (κ3) is 6.09. The van der Waals surface area contributed by atoms with Crippen LogP contribution in [0, 0.1) is 0 Å². The predicted octanol–water partition coefficient (Wildman–Crippen LogP) is 6.29. The van der Waals surface area contributed by atoms with Crippen molar-refractivity contribution in [2.24, 2.45) is 0 Å². The van der Waals surface area contributed by atoms with Gasteiger partial charge in [-0.05, 0) is 46.5 Å². The molecule has 0 radical (unpaired) electrons. The largest absolute Gasteiger partial charge is 3.00 e. The number of fused-ring (bicyclic) bond motifs is 8. The molecule has 4 atom stereocenters. The summed E-state index contributed by atoms with van der Waals surface area (Å²) in [6.45, 7) is 0. The number of aromatic nitrogens is 4. The fraction of sp³-hybridized carbons (Fsp3) is 0.0909. The molecule has 1 aliphatic heterocycles. The van der Waals surface area contributed by atoms with Crippen molar-refractivity contribution in [1.29, 1.82) is 0 Å². The van der Waals surface area contributed by atoms with Crippen LogP contribution in [0.25, 0.3) is 0 Å². The summed E-state index contributed by atoms with van der Waals surface area (Å²) < 4.78 is 0. The summed E-state index contributed by atoms with van der Waals surface area (Å²) in [5.41, 5.74) is 13.3. The molecule has 4 unspecified atom stereocenters. The third-order valence-corrected chi connectivity index (χ3v) is 9.79. The molecule has 0 saturated carbocycles. The van der Waals surface area contributed by atoms with E-state index in [4.69, 9.17) is 9.97 Å². The molecular weight excluding hydrogens is 675 g/mol. The number of hydrogen-bond acceptors (Lipinski definition) is 0. The summed E-state index contributed by atoms with van der Waals surface area (Å²) in [4.78, 5) is 18.7. The average Bonchev–Trinajstić information content (AvgIpc) is 3.98. The standard InChI is InChI=1S/C44H34N4.ClH.Mn/c1-5-13-29(14-6-1)41-33-21-23-35(45-33)42(30-15-7-2-8-16-30)37-25-27-39(47-37)44(32-19-11-4-12-20-32)40-28-26-38(48-40)43(31-17-9-3-10-18-31)36-24-22-34(41)46-36;;/h1-28,41-45,48H;1H;/q-2;;+3/p-1. The van der Waals surface area contributed by atoms with Gasteiger partial charge in [-0.25, -0.2) is 0 Å². The van der Waals surface area contributed by atoms with Crippen LogP contribution in [-0.2, 0) is 17.1 Å². The van der Waals surface area contributed by atoms with Crippen LogP contribution in [0.3, 0.4) is 0 Å². The fourth-order valence-electron chi connectivity index (χ4n) is 7.59. The van der Waals surface area contributed by atoms with Crippen LogP contribution in [0.2, 0.25) is 0 Å². The van der Waals surface area contributed by atoms with Crippen molar-refractivity contribution in [2.75, 3.05) is 0 Å². The van der Waals surface area contributed by atoms with Gasteiger partial charge in [0.25, 0.3) is 0 Å². The minimum atomic E-state index is -0.0562. The van der Waals surface area contributed by atoms with Crippen molar-refractivity contribution in [3.8, 4) is 0 Å². The Kier molecular flexibility index (Phi) is 9.56. The van der Waals surface area contributed by atoms with Gasteiger partial charge >= 0.3 is 17.1 Å². The Labute approximate surface area is 309 Å². The third-order valence-electron chi connectivity index (χ3n) is 9.79. The van der Waals surface area contributed by atoms with Crippen LogP contribution in [0.1, 0.15) is 91.5 Å². The molecule has 50 heavy (non-hydrogen) atoms. The summed E-state index contributed by atoms with van der Waals surface area (Å²) in [6, 6.07) is 60.6. The number of aromatic amines is 2. The SMILES string of the molecule is [Cl-].[Mn+3].c1ccc(C2c3ccc([n-]3)C(c3ccccc3)c3ccc([nH]3)C(c3ccccc3)c3ccc([n-]3)C(c3ccccc3)c3ccc2[nH]3)cc1. The van der Waals surface area contributed by atoms with E-state index < -0.39 is 0 Å². The number of rotatable bonds is 4. The number of benzene rings is 4. The first-order chi connectivity index (χ1) is 23.8. The van der Waals surface area contributed by atoms with Crippen molar-refractivity contribution >= 4 is 0 Å². The van der Waals surface area contributed by atoms with Gasteiger partial charge in [-0.1, -0.05) is 146 Å². The van der Waals surface area contributed by atoms with Gasteiger partial charge in [-0.2, -0.15) is 0 Å². The van der Waals surface area contributed by atoms with Crippen LogP contribution in [0.5, 0.6) is 0 Å². The second kappa shape index (κ2) is 14.3. The van der Waals surface area contributed by atoms with Gasteiger partial charge in [0.1, 0.15) is 0 Å². The average molecular weight is 709 g/mol. The minimum absolute atomic E-state index is 0. The summed E-state index contributed by atoms with van der Waals surface area (Å²) in [5, 5.41) is 0. The van der Waals surface area contributed by atoms with E-state index in [0.29, 0.717) is 0 Å². The second-order valence-electron chi connectivity index (χ2n) is 12.7. The molecule has 1 aliphatic rings. The van der Waals surface area contributed by atoms with E-state index in [9.17, 15) is 0 Å². The van der Waals surface area contributed by atoms with Crippen LogP contribution in [0.15, 0.2) is 170 Å². The molecule has 0 aliphatic carbocycles. The summed E-state index contributed by atoms with van der Waals surface area (Å²) >= 11 is 0. The fourth-order valence-corrected chi connectivity index (χ4v) is 7.59. The van der Waals surface area contributed by atoms with Gasteiger partial charge in [0, 0.05) is 46.4 Å². The molecule has 0 saturated heterocycles. The number of nitrogens with one attached hydrogen (secondary N) is 2. The molecule has 6 heteroatoms. The molecule has 8 bridgehead atoms. The molecule has 244 valence electrons. The van der Waals surface area contributed by atoms with Crippen molar-refractivity contribution in [2.45, 2.75) is 23.7 Å². The van der Waals surface area contributed by atoms with E-state index in [2.05, 4.69) is 180 Å². The van der Waals surface area contributed by atoms with E-state index >= 15 is 0 Å². The Hall–Kier alpha value is -5.19. The van der Waals surface area contributed by atoms with Gasteiger partial charge < -0.3 is 32.3 Å². The number of hydrogen-bond donors (Lipinski definition) is 2. The zero-order valence-corrected chi connectivity index (χ0v) is 29.1. The van der Waals surface area contributed by atoms with Crippen LogP contribution in [-0.4, -0.2) is 9.97 Å². The zero-order valence-electron chi connectivity index (χ0n) is 27.1. The molecule has 4 aromatic heterocycles. The first kappa shape index (κ1) is 33.3. The maximum absolute atomic E-state index is 5.44. The molecule has 2 N–H and O–H groups in total. The Morgan fingerprint density at radius 2 is 0.520 bits per heavy atom. The molecule has 0 amide bonds. The zero-order chi connectivity index (χ0) is 31.9. The Balaban J connectivity index is 0.00000196. The number of H-pyrrole nitrogens is 2. The monoisotopic (exact) mass is 708 g/mol. The topological polar surface area (TPSA) is 59.8 Å². The van der Waals surface area contributed by atoms with Crippen molar-refractivity contribution in [3.05, 3.63) is 238 Å². The Bertz CT molecular complexity index is 1870. The first-order valence-electron chi connectivity index (χ1n) is 16.6. The van der Waals surface area contributed by atoms with Gasteiger partial charge in [0.05, 0.1) is 0 Å². The molecular formula is C44H34ClMnN4. The van der Waals surface area contributed by atoms with Gasteiger partial charge in [-0.3, -0.25) is 0 Å². The number of halogens is 1. The van der Waals surface area contributed by atoms with Crippen LogP contribution in [0.4, 0.5) is 0 Å². The maximum atomic E-state index is 5.44. The summed E-state index contributed by atoms with van der Waals surface area (Å²) in [5.74, 6) is -0.225. The quantitative estimate of drug-likeness (QED) is 0.211. The first-order valence-corrected chi connectivity index (χ1v) is 16.6. The smallest absolute Gasteiger partial charge is 1.00 e. The van der Waals surface area contributed by atoms with Crippen molar-refractivity contribution < 1.29 is 29.5 Å². The van der Waals surface area contributed by atoms with Gasteiger partial charge in [-0.15, -0.1) is 22.8 Å². The minimum Gasteiger partial charge on any atom is -1.00 e. The Morgan fingerprint density at radius 1 is 0.300 bits per heavy atom. The molecule has 8 aromatic rings. The van der Waals surface area contributed by atoms with E-state index in [1.165, 1.54) is 22.3 Å². The van der Waals surface area contributed by atoms with Crippen LogP contribution < -0.4 is 22.4 Å². The number of nitrogens with zero attached hydrogens (tertiary/aromatic N) is 2. The van der Waals surface area contributed by atoms with Crippen molar-refractivity contribution in [1.82, 2.24) is 19.9 Å². The molecule has 9 rings (SSSR count). The van der Waals surface area contributed by atoms with Crippen molar-refractivity contribution in [3.63, 3.8) is 0 Å². The molecule has 5 heterocycles. The van der Waals surface area contributed by atoms with Crippen LogP contribution >= 0.6 is 0 Å². The van der Waals surface area contributed by atoms with E-state index in [-0.39, 0.29) is 53.1 Å². The molecule has 0 spiro atoms. The summed E-state index contributed by atoms with van der Waals surface area (Å²) in [6.07, 6.45) is 0. The predicted molar refractivity (Wildman–Crippen MR) is 191 cm³/mol. The van der Waals surface area contributed by atoms with E-state index in [0.717, 1.165) is 45.6 Å². The van der Waals surface area contributed by atoms with E-state index in [1.54, 1.807) is 0 Å². The van der Waals surface area contributed by atoms with Gasteiger partial charge in [0.2, 0.25) is 0 Å². The maximum Gasteiger partial charge on any atom is 3.00 e. The Morgan fingerprint density at radius 3 is 0.740 bits per heavy atom. The van der Waals surface area contributed by atoms with E-state index in [1.807, 2.05) is 0 Å². The summed E-state index contributed by atoms with van der Waals surface area (Å²) in [7, 11) is 0. The second-order valence-corrected chi connectivity index (χ2v) is 12.7. The molecule has 0 fully saturated rings.